The Hall–Kier alpha value is -2.38. The summed E-state index contributed by atoms with van der Waals surface area (Å²) in [6.45, 7) is 8.31. The number of piperazine rings is 1. The number of aromatic nitrogens is 2. The average Bonchev–Trinajstić information content (AvgIpc) is 2.57. The number of ether oxygens (including phenoxy) is 1. The van der Waals surface area contributed by atoms with E-state index in [0.717, 1.165) is 43.1 Å². The summed E-state index contributed by atoms with van der Waals surface area (Å²) in [4.78, 5) is 12.9. The molecule has 1 saturated heterocycles. The summed E-state index contributed by atoms with van der Waals surface area (Å²) in [6, 6.07) is 6.01. The van der Waals surface area contributed by atoms with Crippen LogP contribution in [0.25, 0.3) is 0 Å². The summed E-state index contributed by atoms with van der Waals surface area (Å²) in [5.74, 6) is 1.81. The first kappa shape index (κ1) is 17.4. The van der Waals surface area contributed by atoms with Gasteiger partial charge in [0, 0.05) is 32.7 Å². The van der Waals surface area contributed by atoms with Crippen LogP contribution < -0.4 is 15.4 Å². The Labute approximate surface area is 148 Å². The van der Waals surface area contributed by atoms with Gasteiger partial charge in [-0.2, -0.15) is 4.98 Å². The zero-order valence-corrected chi connectivity index (χ0v) is 14.8. The first-order chi connectivity index (χ1) is 12.1. The van der Waals surface area contributed by atoms with Gasteiger partial charge in [-0.3, -0.25) is 4.90 Å². The minimum Gasteiger partial charge on any atom is -0.437 e. The third-order valence-electron chi connectivity index (χ3n) is 4.32. The third-order valence-corrected chi connectivity index (χ3v) is 4.32. The minimum absolute atomic E-state index is 0.184. The van der Waals surface area contributed by atoms with Gasteiger partial charge < -0.3 is 20.5 Å². The smallest absolute Gasteiger partial charge is 0.248 e. The molecule has 0 bridgehead atoms. The zero-order valence-electron chi connectivity index (χ0n) is 14.8. The van der Waals surface area contributed by atoms with E-state index in [2.05, 4.69) is 25.8 Å². The maximum Gasteiger partial charge on any atom is 0.248 e. The van der Waals surface area contributed by atoms with Crippen molar-refractivity contribution in [3.63, 3.8) is 0 Å². The minimum atomic E-state index is 0.184. The molecule has 1 aromatic carbocycles. The first-order valence-electron chi connectivity index (χ1n) is 8.51. The Kier molecular flexibility index (Phi) is 5.35. The normalized spacial score (nSPS) is 15.4. The molecule has 7 heteroatoms. The standard InChI is InChI=1S/C18H25N5O2/c1-13-9-14(2)11-15(10-13)25-18-16(19)17(20-12-21-18)23-5-3-22(4-6-23)7-8-24/h9-12,24H,3-8,19H2,1-2H3. The number of nitrogen functional groups attached to an aromatic ring is 1. The van der Waals surface area contributed by atoms with Crippen LogP contribution in [0.15, 0.2) is 24.5 Å². The average molecular weight is 343 g/mol. The van der Waals surface area contributed by atoms with Crippen LogP contribution in [-0.4, -0.2) is 59.3 Å². The number of aryl methyl sites for hydroxylation is 2. The number of hydrogen-bond acceptors (Lipinski definition) is 7. The van der Waals surface area contributed by atoms with Crippen molar-refractivity contribution < 1.29 is 9.84 Å². The number of hydrogen-bond donors (Lipinski definition) is 2. The number of nitrogens with two attached hydrogens (primary N) is 1. The van der Waals surface area contributed by atoms with Crippen molar-refractivity contribution in [3.05, 3.63) is 35.7 Å². The second-order valence-corrected chi connectivity index (χ2v) is 6.39. The highest BCUT2D eigenvalue weighted by atomic mass is 16.5. The van der Waals surface area contributed by atoms with Gasteiger partial charge in [0.1, 0.15) is 17.8 Å². The van der Waals surface area contributed by atoms with E-state index in [4.69, 9.17) is 15.6 Å². The number of rotatable bonds is 5. The van der Waals surface area contributed by atoms with Crippen molar-refractivity contribution in [2.45, 2.75) is 13.8 Å². The lowest BCUT2D eigenvalue weighted by atomic mass is 10.1. The first-order valence-corrected chi connectivity index (χ1v) is 8.51. The molecule has 3 rings (SSSR count). The third kappa shape index (κ3) is 4.18. The summed E-state index contributed by atoms with van der Waals surface area (Å²) in [6.07, 6.45) is 1.49. The Bertz CT molecular complexity index is 709. The Balaban J connectivity index is 1.76. The summed E-state index contributed by atoms with van der Waals surface area (Å²) in [5, 5.41) is 9.05. The van der Waals surface area contributed by atoms with E-state index in [-0.39, 0.29) is 6.61 Å². The van der Waals surface area contributed by atoms with Crippen LogP contribution in [0.2, 0.25) is 0 Å². The lowest BCUT2D eigenvalue weighted by molar-refractivity contribution is 0.188. The van der Waals surface area contributed by atoms with Gasteiger partial charge in [-0.15, -0.1) is 0 Å². The van der Waals surface area contributed by atoms with Gasteiger partial charge in [0.2, 0.25) is 5.88 Å². The molecule has 0 saturated carbocycles. The molecule has 0 radical (unpaired) electrons. The predicted octanol–water partition coefficient (Wildman–Crippen LogP) is 1.58. The van der Waals surface area contributed by atoms with E-state index in [1.54, 1.807) is 0 Å². The summed E-state index contributed by atoms with van der Waals surface area (Å²) in [5.41, 5.74) is 9.00. The fourth-order valence-electron chi connectivity index (χ4n) is 3.13. The van der Waals surface area contributed by atoms with Gasteiger partial charge in [-0.05, 0) is 37.1 Å². The van der Waals surface area contributed by atoms with Crippen LogP contribution in [0.3, 0.4) is 0 Å². The number of β-amino-alcohol motifs (C(OH)–C–C–N with tert-alkyl or cyclic N) is 1. The number of anilines is 2. The lowest BCUT2D eigenvalue weighted by Gasteiger charge is -2.35. The molecular formula is C18H25N5O2. The van der Waals surface area contributed by atoms with Crippen molar-refractivity contribution in [1.29, 1.82) is 0 Å². The van der Waals surface area contributed by atoms with Crippen molar-refractivity contribution in [3.8, 4) is 11.6 Å². The molecular weight excluding hydrogens is 318 g/mol. The fraction of sp³-hybridized carbons (Fsp3) is 0.444. The lowest BCUT2D eigenvalue weighted by Crippen LogP contribution is -2.47. The van der Waals surface area contributed by atoms with Crippen molar-refractivity contribution in [2.24, 2.45) is 0 Å². The van der Waals surface area contributed by atoms with E-state index < -0.39 is 0 Å². The molecule has 1 aliphatic heterocycles. The topological polar surface area (TPSA) is 87.7 Å². The van der Waals surface area contributed by atoms with Crippen molar-refractivity contribution in [2.75, 3.05) is 50.0 Å². The fourth-order valence-corrected chi connectivity index (χ4v) is 3.13. The quantitative estimate of drug-likeness (QED) is 0.852. The SMILES string of the molecule is Cc1cc(C)cc(Oc2ncnc(N3CCN(CCO)CC3)c2N)c1. The predicted molar refractivity (Wildman–Crippen MR) is 98.2 cm³/mol. The largest absolute Gasteiger partial charge is 0.437 e. The molecule has 1 aromatic heterocycles. The van der Waals surface area contributed by atoms with Crippen LogP contribution >= 0.6 is 0 Å². The molecule has 2 heterocycles. The van der Waals surface area contributed by atoms with Gasteiger partial charge in [-0.25, -0.2) is 4.98 Å². The second kappa shape index (κ2) is 7.67. The highest BCUT2D eigenvalue weighted by molar-refractivity contribution is 5.68. The Morgan fingerprint density at radius 2 is 1.76 bits per heavy atom. The van der Waals surface area contributed by atoms with Crippen LogP contribution in [0.4, 0.5) is 11.5 Å². The van der Waals surface area contributed by atoms with E-state index in [1.807, 2.05) is 26.0 Å². The van der Waals surface area contributed by atoms with E-state index in [9.17, 15) is 0 Å². The molecule has 134 valence electrons. The molecule has 3 N–H and O–H groups in total. The molecule has 2 aromatic rings. The second-order valence-electron chi connectivity index (χ2n) is 6.39. The van der Waals surface area contributed by atoms with Gasteiger partial charge in [0.05, 0.1) is 6.61 Å². The number of benzene rings is 1. The van der Waals surface area contributed by atoms with Crippen molar-refractivity contribution >= 4 is 11.5 Å². The number of nitrogens with zero attached hydrogens (tertiary/aromatic N) is 4. The van der Waals surface area contributed by atoms with Gasteiger partial charge in [0.25, 0.3) is 0 Å². The molecule has 7 nitrogen and oxygen atoms in total. The Morgan fingerprint density at radius 1 is 1.08 bits per heavy atom. The number of aliphatic hydroxyl groups is 1. The molecule has 0 unspecified atom stereocenters. The molecule has 0 spiro atoms. The monoisotopic (exact) mass is 343 g/mol. The molecule has 0 atom stereocenters. The molecule has 25 heavy (non-hydrogen) atoms. The molecule has 0 aliphatic carbocycles. The Morgan fingerprint density at radius 3 is 2.40 bits per heavy atom. The van der Waals surface area contributed by atoms with Gasteiger partial charge in [0.15, 0.2) is 5.82 Å². The van der Waals surface area contributed by atoms with E-state index in [1.165, 1.54) is 6.33 Å². The van der Waals surface area contributed by atoms with Crippen LogP contribution in [0.1, 0.15) is 11.1 Å². The van der Waals surface area contributed by atoms with E-state index >= 15 is 0 Å². The van der Waals surface area contributed by atoms with Gasteiger partial charge >= 0.3 is 0 Å². The van der Waals surface area contributed by atoms with Crippen molar-refractivity contribution in [1.82, 2.24) is 14.9 Å². The van der Waals surface area contributed by atoms with Gasteiger partial charge in [-0.1, -0.05) is 6.07 Å². The van der Waals surface area contributed by atoms with Crippen LogP contribution in [0, 0.1) is 13.8 Å². The molecule has 1 aliphatic rings. The number of aliphatic hydroxyl groups excluding tert-OH is 1. The zero-order chi connectivity index (χ0) is 17.8. The summed E-state index contributed by atoms with van der Waals surface area (Å²) in [7, 11) is 0. The highest BCUT2D eigenvalue weighted by Gasteiger charge is 2.21. The molecule has 0 amide bonds. The van der Waals surface area contributed by atoms with Crippen LogP contribution in [-0.2, 0) is 0 Å². The summed E-state index contributed by atoms with van der Waals surface area (Å²) >= 11 is 0. The summed E-state index contributed by atoms with van der Waals surface area (Å²) < 4.78 is 5.92. The maximum absolute atomic E-state index is 9.05. The maximum atomic E-state index is 9.05. The highest BCUT2D eigenvalue weighted by Crippen LogP contribution is 2.32. The molecule has 1 fully saturated rings. The van der Waals surface area contributed by atoms with E-state index in [0.29, 0.717) is 23.9 Å². The van der Waals surface area contributed by atoms with Crippen LogP contribution in [0.5, 0.6) is 11.6 Å².